The molecule has 5 heterocycles. The smallest absolute Gasteiger partial charge is 0.168 e. The first kappa shape index (κ1) is 24.7. The van der Waals surface area contributed by atoms with Gasteiger partial charge in [-0.1, -0.05) is 13.8 Å². The molecule has 2 atom stereocenters. The van der Waals surface area contributed by atoms with Crippen molar-refractivity contribution in [3.05, 3.63) is 65.9 Å². The molecule has 1 aliphatic heterocycles. The number of aromatic nitrogens is 5. The van der Waals surface area contributed by atoms with Crippen LogP contribution in [-0.2, 0) is 0 Å². The second-order valence-electron chi connectivity index (χ2n) is 11.0. The molecule has 0 aromatic carbocycles. The van der Waals surface area contributed by atoms with Gasteiger partial charge in [0.1, 0.15) is 11.6 Å². The third-order valence-corrected chi connectivity index (χ3v) is 7.72. The van der Waals surface area contributed by atoms with Gasteiger partial charge in [0, 0.05) is 36.0 Å². The van der Waals surface area contributed by atoms with E-state index in [9.17, 15) is 8.78 Å². The molecule has 1 saturated heterocycles. The Balaban J connectivity index is 1.44. The van der Waals surface area contributed by atoms with Gasteiger partial charge in [-0.2, -0.15) is 0 Å². The molecule has 38 heavy (non-hydrogen) atoms. The lowest BCUT2D eigenvalue weighted by molar-refractivity contribution is 0.128. The lowest BCUT2D eigenvalue weighted by Crippen LogP contribution is -2.47. The maximum atomic E-state index is 14.2. The fourth-order valence-electron chi connectivity index (χ4n) is 5.52. The molecule has 6 rings (SSSR count). The van der Waals surface area contributed by atoms with Gasteiger partial charge in [0.25, 0.3) is 0 Å². The summed E-state index contributed by atoms with van der Waals surface area (Å²) < 4.78 is 27.5. The molecule has 0 spiro atoms. The number of anilines is 2. The summed E-state index contributed by atoms with van der Waals surface area (Å²) in [4.78, 5) is 22.5. The Morgan fingerprint density at radius 3 is 2.68 bits per heavy atom. The fourth-order valence-corrected chi connectivity index (χ4v) is 5.52. The van der Waals surface area contributed by atoms with E-state index >= 15 is 0 Å². The van der Waals surface area contributed by atoms with E-state index in [0.717, 1.165) is 61.2 Å². The quantitative estimate of drug-likeness (QED) is 0.327. The Morgan fingerprint density at radius 1 is 1.08 bits per heavy atom. The average molecular weight is 517 g/mol. The predicted molar refractivity (Wildman–Crippen MR) is 142 cm³/mol. The highest BCUT2D eigenvalue weighted by Gasteiger charge is 2.39. The van der Waals surface area contributed by atoms with Gasteiger partial charge in [-0.15, -0.1) is 0 Å². The summed E-state index contributed by atoms with van der Waals surface area (Å²) in [7, 11) is 0. The summed E-state index contributed by atoms with van der Waals surface area (Å²) >= 11 is 0. The second-order valence-corrected chi connectivity index (χ2v) is 11.0. The number of hydrogen-bond donors (Lipinski definition) is 3. The largest absolute Gasteiger partial charge is 0.322 e. The zero-order chi connectivity index (χ0) is 26.4. The van der Waals surface area contributed by atoms with Gasteiger partial charge < -0.3 is 16.4 Å². The number of pyridine rings is 3. The summed E-state index contributed by atoms with van der Waals surface area (Å²) in [6.45, 7) is 6.31. The van der Waals surface area contributed by atoms with Crippen LogP contribution in [0.2, 0.25) is 0 Å². The van der Waals surface area contributed by atoms with E-state index in [4.69, 9.17) is 15.7 Å². The number of piperidine rings is 1. The lowest BCUT2D eigenvalue weighted by atomic mass is 9.70. The molecule has 1 aliphatic carbocycles. The van der Waals surface area contributed by atoms with E-state index in [1.807, 2.05) is 6.20 Å². The van der Waals surface area contributed by atoms with Gasteiger partial charge in [-0.05, 0) is 60.8 Å². The maximum Gasteiger partial charge on any atom is 0.168 e. The molecule has 0 bridgehead atoms. The number of halogens is 2. The SMILES string of the molecule is CC1(C)CNCCC1C(N)c1nc(-c2ccnc(Nc3ncc(F)cc3F)c2)nc2cncc(C3CC3)c12. The molecule has 0 amide bonds. The Hall–Kier alpha value is -3.63. The minimum atomic E-state index is -0.810. The van der Waals surface area contributed by atoms with Crippen molar-refractivity contribution in [1.82, 2.24) is 30.2 Å². The molecule has 10 heteroatoms. The van der Waals surface area contributed by atoms with Crippen LogP contribution in [0.4, 0.5) is 20.4 Å². The van der Waals surface area contributed by atoms with Gasteiger partial charge >= 0.3 is 0 Å². The summed E-state index contributed by atoms with van der Waals surface area (Å²) in [6.07, 6.45) is 9.45. The van der Waals surface area contributed by atoms with E-state index < -0.39 is 11.6 Å². The van der Waals surface area contributed by atoms with E-state index in [-0.39, 0.29) is 23.2 Å². The molecule has 2 unspecified atom stereocenters. The lowest BCUT2D eigenvalue weighted by Gasteiger charge is -2.42. The maximum absolute atomic E-state index is 14.2. The second kappa shape index (κ2) is 9.59. The number of fused-ring (bicyclic) bond motifs is 1. The number of nitrogens with two attached hydrogens (primary N) is 1. The van der Waals surface area contributed by atoms with Crippen molar-refractivity contribution >= 4 is 22.5 Å². The zero-order valence-electron chi connectivity index (χ0n) is 21.4. The molecule has 4 aromatic heterocycles. The third kappa shape index (κ3) is 4.69. The van der Waals surface area contributed by atoms with Gasteiger partial charge in [-0.3, -0.25) is 4.98 Å². The Bertz CT molecular complexity index is 1500. The molecule has 2 fully saturated rings. The van der Waals surface area contributed by atoms with Crippen molar-refractivity contribution in [3.8, 4) is 11.4 Å². The van der Waals surface area contributed by atoms with Crippen molar-refractivity contribution in [2.24, 2.45) is 17.1 Å². The van der Waals surface area contributed by atoms with Crippen LogP contribution in [0.1, 0.15) is 56.3 Å². The summed E-state index contributed by atoms with van der Waals surface area (Å²) in [5.74, 6) is -0.166. The van der Waals surface area contributed by atoms with E-state index in [1.54, 1.807) is 24.5 Å². The average Bonchev–Trinajstić information content (AvgIpc) is 3.74. The van der Waals surface area contributed by atoms with Crippen LogP contribution in [-0.4, -0.2) is 38.0 Å². The Kier molecular flexibility index (Phi) is 6.23. The van der Waals surface area contributed by atoms with Crippen molar-refractivity contribution in [3.63, 3.8) is 0 Å². The van der Waals surface area contributed by atoms with E-state index in [0.29, 0.717) is 23.1 Å². The van der Waals surface area contributed by atoms with Crippen LogP contribution >= 0.6 is 0 Å². The fraction of sp³-hybridized carbons (Fsp3) is 0.393. The zero-order valence-corrected chi connectivity index (χ0v) is 21.4. The molecule has 196 valence electrons. The van der Waals surface area contributed by atoms with Crippen LogP contribution in [0, 0.1) is 23.0 Å². The molecular weight excluding hydrogens is 486 g/mol. The van der Waals surface area contributed by atoms with Crippen LogP contribution in [0.5, 0.6) is 0 Å². The normalized spacial score (nSPS) is 19.9. The van der Waals surface area contributed by atoms with Crippen molar-refractivity contribution in [2.45, 2.75) is 45.1 Å². The summed E-state index contributed by atoms with van der Waals surface area (Å²) in [5.41, 5.74) is 10.5. The van der Waals surface area contributed by atoms with Crippen LogP contribution in [0.15, 0.2) is 43.0 Å². The number of nitrogens with one attached hydrogen (secondary N) is 2. The van der Waals surface area contributed by atoms with Gasteiger partial charge in [-0.25, -0.2) is 28.7 Å². The highest BCUT2D eigenvalue weighted by molar-refractivity contribution is 5.86. The first-order valence-electron chi connectivity index (χ1n) is 13.0. The van der Waals surface area contributed by atoms with Crippen LogP contribution in [0.25, 0.3) is 22.3 Å². The Morgan fingerprint density at radius 2 is 1.92 bits per heavy atom. The number of hydrogen-bond acceptors (Lipinski definition) is 8. The molecule has 2 aliphatic rings. The molecule has 1 saturated carbocycles. The topological polar surface area (TPSA) is 115 Å². The monoisotopic (exact) mass is 516 g/mol. The predicted octanol–water partition coefficient (Wildman–Crippen LogP) is 5.02. The summed E-state index contributed by atoms with van der Waals surface area (Å²) in [6, 6.07) is 4.00. The first-order valence-corrected chi connectivity index (χ1v) is 13.0. The highest BCUT2D eigenvalue weighted by Crippen LogP contribution is 2.46. The van der Waals surface area contributed by atoms with E-state index in [1.165, 1.54) is 5.56 Å². The van der Waals surface area contributed by atoms with Crippen LogP contribution < -0.4 is 16.4 Å². The minimum absolute atomic E-state index is 0.00185. The molecule has 8 nitrogen and oxygen atoms in total. The molecule has 0 radical (unpaired) electrons. The first-order chi connectivity index (χ1) is 18.3. The Labute approximate surface area is 219 Å². The minimum Gasteiger partial charge on any atom is -0.322 e. The van der Waals surface area contributed by atoms with Crippen molar-refractivity contribution in [2.75, 3.05) is 18.4 Å². The third-order valence-electron chi connectivity index (χ3n) is 7.72. The number of rotatable bonds is 6. The highest BCUT2D eigenvalue weighted by atomic mass is 19.1. The van der Waals surface area contributed by atoms with Gasteiger partial charge in [0.15, 0.2) is 17.5 Å². The molecule has 4 aromatic rings. The standard InChI is InChI=1S/C28H30F2N8/c1-28(2)14-32-7-6-19(28)24(31)25-23-18(15-3-4-15)12-33-13-21(23)36-26(38-25)16-5-8-34-22(9-16)37-27-20(30)10-17(29)11-35-27/h5,8-13,15,19,24,32H,3-4,6-7,14,31H2,1-2H3,(H,34,35,37). The van der Waals surface area contributed by atoms with Crippen molar-refractivity contribution < 1.29 is 8.78 Å². The molecule has 4 N–H and O–H groups in total. The van der Waals surface area contributed by atoms with E-state index in [2.05, 4.69) is 39.4 Å². The number of nitrogens with zero attached hydrogens (tertiary/aromatic N) is 5. The van der Waals surface area contributed by atoms with Crippen molar-refractivity contribution in [1.29, 1.82) is 0 Å². The van der Waals surface area contributed by atoms with Crippen LogP contribution in [0.3, 0.4) is 0 Å². The van der Waals surface area contributed by atoms with Gasteiger partial charge in [0.2, 0.25) is 0 Å². The van der Waals surface area contributed by atoms with Gasteiger partial charge in [0.05, 0.1) is 29.6 Å². The molecular formula is C28H30F2N8. The summed E-state index contributed by atoms with van der Waals surface area (Å²) in [5, 5.41) is 7.32.